The Morgan fingerprint density at radius 2 is 2.10 bits per heavy atom. The molecule has 116 valence electrons. The van der Waals surface area contributed by atoms with Crippen LogP contribution < -0.4 is 5.32 Å². The molecule has 0 bridgehead atoms. The average molecular weight is 288 g/mol. The van der Waals surface area contributed by atoms with E-state index in [1.54, 1.807) is 0 Å². The van der Waals surface area contributed by atoms with Gasteiger partial charge in [0, 0.05) is 18.7 Å². The van der Waals surface area contributed by atoms with Gasteiger partial charge in [-0.25, -0.2) is 0 Å². The lowest BCUT2D eigenvalue weighted by Gasteiger charge is -2.22. The van der Waals surface area contributed by atoms with E-state index in [2.05, 4.69) is 23.2 Å². The predicted molar refractivity (Wildman–Crippen MR) is 87.6 cm³/mol. The molecule has 1 heterocycles. The number of benzene rings is 1. The fourth-order valence-corrected chi connectivity index (χ4v) is 3.15. The monoisotopic (exact) mass is 288 g/mol. The highest BCUT2D eigenvalue weighted by Gasteiger charge is 2.22. The highest BCUT2D eigenvalue weighted by Crippen LogP contribution is 2.22. The van der Waals surface area contributed by atoms with E-state index in [-0.39, 0.29) is 5.91 Å². The first-order valence-corrected chi connectivity index (χ1v) is 8.28. The second-order valence-electron chi connectivity index (χ2n) is 6.01. The third-order valence-corrected chi connectivity index (χ3v) is 4.60. The zero-order valence-corrected chi connectivity index (χ0v) is 13.4. The van der Waals surface area contributed by atoms with Crippen molar-refractivity contribution in [2.75, 3.05) is 26.7 Å². The van der Waals surface area contributed by atoms with Gasteiger partial charge in [0.1, 0.15) is 0 Å². The molecule has 1 unspecified atom stereocenters. The Bertz CT molecular complexity index is 458. The molecule has 1 fully saturated rings. The summed E-state index contributed by atoms with van der Waals surface area (Å²) in [6.45, 7) is 4.99. The molecule has 0 aromatic heterocycles. The van der Waals surface area contributed by atoms with Crippen molar-refractivity contribution in [2.45, 2.75) is 39.0 Å². The van der Waals surface area contributed by atoms with Gasteiger partial charge in [-0.3, -0.25) is 4.79 Å². The Labute approximate surface area is 128 Å². The molecule has 0 aliphatic carbocycles. The summed E-state index contributed by atoms with van der Waals surface area (Å²) in [6, 6.07) is 8.06. The molecular formula is C18H28N2O. The predicted octanol–water partition coefficient (Wildman–Crippen LogP) is 3.10. The van der Waals surface area contributed by atoms with Gasteiger partial charge in [-0.15, -0.1) is 0 Å². The summed E-state index contributed by atoms with van der Waals surface area (Å²) in [6.07, 6.45) is 5.70. The van der Waals surface area contributed by atoms with Crippen molar-refractivity contribution in [3.63, 3.8) is 0 Å². The second-order valence-corrected chi connectivity index (χ2v) is 6.01. The third kappa shape index (κ3) is 4.31. The van der Waals surface area contributed by atoms with E-state index in [0.717, 1.165) is 55.9 Å². The van der Waals surface area contributed by atoms with Gasteiger partial charge in [0.15, 0.2) is 0 Å². The van der Waals surface area contributed by atoms with Crippen molar-refractivity contribution in [3.8, 4) is 0 Å². The quantitative estimate of drug-likeness (QED) is 0.903. The zero-order chi connectivity index (χ0) is 15.1. The van der Waals surface area contributed by atoms with Crippen molar-refractivity contribution in [3.05, 3.63) is 35.4 Å². The molecule has 21 heavy (non-hydrogen) atoms. The van der Waals surface area contributed by atoms with Gasteiger partial charge in [-0.05, 0) is 56.8 Å². The van der Waals surface area contributed by atoms with Gasteiger partial charge >= 0.3 is 0 Å². The summed E-state index contributed by atoms with van der Waals surface area (Å²) in [4.78, 5) is 14.9. The highest BCUT2D eigenvalue weighted by molar-refractivity contribution is 5.95. The van der Waals surface area contributed by atoms with Crippen LogP contribution in [-0.2, 0) is 6.42 Å². The first-order valence-electron chi connectivity index (χ1n) is 8.28. The van der Waals surface area contributed by atoms with Crippen LogP contribution in [0.3, 0.4) is 0 Å². The number of likely N-dealkylation sites (N-methyl/N-ethyl adjacent to an activating group) is 1. The molecule has 1 aromatic carbocycles. The Balaban J connectivity index is 2.08. The summed E-state index contributed by atoms with van der Waals surface area (Å²) in [5.41, 5.74) is 2.05. The molecule has 1 saturated heterocycles. The van der Waals surface area contributed by atoms with Crippen molar-refractivity contribution in [1.29, 1.82) is 0 Å². The van der Waals surface area contributed by atoms with Gasteiger partial charge in [-0.1, -0.05) is 31.5 Å². The fourth-order valence-electron chi connectivity index (χ4n) is 3.15. The number of amides is 1. The van der Waals surface area contributed by atoms with Crippen LogP contribution in [0.1, 0.15) is 48.5 Å². The van der Waals surface area contributed by atoms with Crippen LogP contribution in [-0.4, -0.2) is 37.5 Å². The lowest BCUT2D eigenvalue weighted by molar-refractivity contribution is 0.0759. The van der Waals surface area contributed by atoms with Gasteiger partial charge < -0.3 is 10.2 Å². The molecule has 0 radical (unpaired) electrons. The van der Waals surface area contributed by atoms with Crippen LogP contribution in [0.2, 0.25) is 0 Å². The minimum Gasteiger partial charge on any atom is -0.339 e. The smallest absolute Gasteiger partial charge is 0.254 e. The molecule has 1 aliphatic rings. The maximum atomic E-state index is 12.8. The molecule has 1 aromatic rings. The molecule has 1 atom stereocenters. The number of nitrogens with one attached hydrogen (secondary N) is 1. The highest BCUT2D eigenvalue weighted by atomic mass is 16.2. The Morgan fingerprint density at radius 1 is 1.29 bits per heavy atom. The Morgan fingerprint density at radius 3 is 2.86 bits per heavy atom. The van der Waals surface area contributed by atoms with Gasteiger partial charge in [0.05, 0.1) is 0 Å². The van der Waals surface area contributed by atoms with Crippen LogP contribution in [0.5, 0.6) is 0 Å². The van der Waals surface area contributed by atoms with Crippen LogP contribution in [0, 0.1) is 5.92 Å². The van der Waals surface area contributed by atoms with Crippen LogP contribution in [0.25, 0.3) is 0 Å². The summed E-state index contributed by atoms with van der Waals surface area (Å²) in [7, 11) is 1.95. The maximum Gasteiger partial charge on any atom is 0.254 e. The summed E-state index contributed by atoms with van der Waals surface area (Å²) < 4.78 is 0. The molecule has 1 aliphatic heterocycles. The molecular weight excluding hydrogens is 260 g/mol. The molecule has 3 nitrogen and oxygen atoms in total. The topological polar surface area (TPSA) is 32.3 Å². The lowest BCUT2D eigenvalue weighted by Crippen LogP contribution is -2.33. The summed E-state index contributed by atoms with van der Waals surface area (Å²) in [5.74, 6) is 1.01. The molecule has 1 amide bonds. The molecule has 3 heteroatoms. The van der Waals surface area contributed by atoms with E-state index in [4.69, 9.17) is 0 Å². The van der Waals surface area contributed by atoms with E-state index in [0.29, 0.717) is 0 Å². The van der Waals surface area contributed by atoms with Gasteiger partial charge in [-0.2, -0.15) is 0 Å². The average Bonchev–Trinajstić information content (AvgIpc) is 2.78. The van der Waals surface area contributed by atoms with E-state index in [9.17, 15) is 4.79 Å². The Hall–Kier alpha value is -1.35. The second kappa shape index (κ2) is 8.18. The summed E-state index contributed by atoms with van der Waals surface area (Å²) in [5, 5.41) is 3.16. The number of likely N-dealkylation sites (tertiary alicyclic amines) is 1. The zero-order valence-electron chi connectivity index (χ0n) is 13.4. The molecule has 2 rings (SSSR count). The number of hydrogen-bond acceptors (Lipinski definition) is 2. The van der Waals surface area contributed by atoms with Crippen molar-refractivity contribution < 1.29 is 4.79 Å². The molecule has 1 N–H and O–H groups in total. The minimum absolute atomic E-state index is 0.221. The number of nitrogens with zero attached hydrogens (tertiary/aromatic N) is 1. The number of carbonyl (C=O) groups is 1. The van der Waals surface area contributed by atoms with Crippen molar-refractivity contribution in [2.24, 2.45) is 5.92 Å². The first kappa shape index (κ1) is 16.0. The normalized spacial score (nSPS) is 19.3. The third-order valence-electron chi connectivity index (χ3n) is 4.60. The van der Waals surface area contributed by atoms with E-state index < -0.39 is 0 Å². The number of hydrogen-bond donors (Lipinski definition) is 1. The molecule has 0 spiro atoms. The standard InChI is InChI=1S/C18H28N2O/c1-3-15-7-6-13-20(14-11-15)18(21)17-9-5-4-8-16(17)10-12-19-2/h4-5,8-9,15,19H,3,6-7,10-14H2,1-2H3. The number of carbonyl (C=O) groups excluding carboxylic acids is 1. The fraction of sp³-hybridized carbons (Fsp3) is 0.611. The SMILES string of the molecule is CCC1CCCN(C(=O)c2ccccc2CCNC)CC1. The van der Waals surface area contributed by atoms with Gasteiger partial charge in [0.2, 0.25) is 0 Å². The van der Waals surface area contributed by atoms with Crippen LogP contribution in [0.4, 0.5) is 0 Å². The maximum absolute atomic E-state index is 12.8. The Kier molecular flexibility index (Phi) is 6.24. The van der Waals surface area contributed by atoms with Crippen LogP contribution >= 0.6 is 0 Å². The van der Waals surface area contributed by atoms with E-state index in [1.165, 1.54) is 12.8 Å². The minimum atomic E-state index is 0.221. The van der Waals surface area contributed by atoms with Gasteiger partial charge in [0.25, 0.3) is 5.91 Å². The van der Waals surface area contributed by atoms with E-state index >= 15 is 0 Å². The summed E-state index contributed by atoms with van der Waals surface area (Å²) >= 11 is 0. The first-order chi connectivity index (χ1) is 10.3. The van der Waals surface area contributed by atoms with E-state index in [1.807, 2.05) is 25.2 Å². The van der Waals surface area contributed by atoms with Crippen LogP contribution in [0.15, 0.2) is 24.3 Å². The number of rotatable bonds is 5. The van der Waals surface area contributed by atoms with Crippen molar-refractivity contribution >= 4 is 5.91 Å². The molecule has 0 saturated carbocycles. The van der Waals surface area contributed by atoms with Crippen molar-refractivity contribution in [1.82, 2.24) is 10.2 Å². The largest absolute Gasteiger partial charge is 0.339 e. The lowest BCUT2D eigenvalue weighted by atomic mass is 9.98.